The van der Waals surface area contributed by atoms with Crippen molar-refractivity contribution in [2.75, 3.05) is 18.1 Å². The molecule has 1 fully saturated rings. The van der Waals surface area contributed by atoms with E-state index < -0.39 is 5.97 Å². The van der Waals surface area contributed by atoms with Crippen LogP contribution in [-0.2, 0) is 6.42 Å². The molecule has 0 atom stereocenters. The first-order valence-electron chi connectivity index (χ1n) is 7.20. The van der Waals surface area contributed by atoms with E-state index in [2.05, 4.69) is 21.6 Å². The average molecular weight is 273 g/mol. The Bertz CT molecular complexity index is 642. The molecule has 0 unspecified atom stereocenters. The van der Waals surface area contributed by atoms with Crippen LogP contribution in [0.2, 0.25) is 0 Å². The van der Waals surface area contributed by atoms with Crippen molar-refractivity contribution in [1.29, 1.82) is 0 Å². The third-order valence-electron chi connectivity index (χ3n) is 3.88. The predicted molar refractivity (Wildman–Crippen MR) is 77.9 cm³/mol. The van der Waals surface area contributed by atoms with Gasteiger partial charge in [-0.15, -0.1) is 0 Å². The number of rotatable bonds is 3. The molecule has 1 aromatic heterocycles. The monoisotopic (exact) mass is 273 g/mol. The van der Waals surface area contributed by atoms with Gasteiger partial charge in [0.25, 0.3) is 0 Å². The molecule has 0 radical (unpaired) electrons. The standard InChI is InChI=1S/C15H19N3O2/c1-2-14-16-12-7-6-11(15(19)20)10-13(12)18(14)17-8-4-3-5-9-17/h6-7,10H,2-5,8-9H2,1H3,(H,19,20). The zero-order valence-corrected chi connectivity index (χ0v) is 11.7. The van der Waals surface area contributed by atoms with E-state index in [0.717, 1.165) is 36.4 Å². The second-order valence-electron chi connectivity index (χ2n) is 5.22. The maximum atomic E-state index is 11.2. The molecule has 0 saturated carbocycles. The number of hydrogen-bond donors (Lipinski definition) is 1. The quantitative estimate of drug-likeness (QED) is 0.933. The van der Waals surface area contributed by atoms with Gasteiger partial charge in [0.1, 0.15) is 5.82 Å². The highest BCUT2D eigenvalue weighted by Gasteiger charge is 2.18. The fraction of sp³-hybridized carbons (Fsp3) is 0.467. The molecule has 0 aliphatic carbocycles. The van der Waals surface area contributed by atoms with Gasteiger partial charge in [-0.25, -0.2) is 14.5 Å². The highest BCUT2D eigenvalue weighted by atomic mass is 16.4. The third kappa shape index (κ3) is 2.13. The van der Waals surface area contributed by atoms with Crippen LogP contribution in [-0.4, -0.2) is 33.8 Å². The van der Waals surface area contributed by atoms with Gasteiger partial charge in [-0.1, -0.05) is 6.92 Å². The third-order valence-corrected chi connectivity index (χ3v) is 3.88. The van der Waals surface area contributed by atoms with Crippen molar-refractivity contribution in [2.45, 2.75) is 32.6 Å². The lowest BCUT2D eigenvalue weighted by molar-refractivity contribution is 0.0697. The van der Waals surface area contributed by atoms with E-state index in [1.54, 1.807) is 18.2 Å². The molecule has 1 saturated heterocycles. The van der Waals surface area contributed by atoms with Crippen molar-refractivity contribution in [3.63, 3.8) is 0 Å². The minimum atomic E-state index is -0.892. The van der Waals surface area contributed by atoms with Crippen LogP contribution in [0.1, 0.15) is 42.4 Å². The number of carboxylic acids is 1. The molecule has 106 valence electrons. The summed E-state index contributed by atoms with van der Waals surface area (Å²) in [6.45, 7) is 4.10. The number of nitrogens with zero attached hydrogens (tertiary/aromatic N) is 3. The van der Waals surface area contributed by atoms with Gasteiger partial charge in [0.15, 0.2) is 0 Å². The van der Waals surface area contributed by atoms with Crippen LogP contribution in [0.25, 0.3) is 11.0 Å². The largest absolute Gasteiger partial charge is 0.478 e. The van der Waals surface area contributed by atoms with E-state index >= 15 is 0 Å². The minimum absolute atomic E-state index is 0.318. The number of hydrogen-bond acceptors (Lipinski definition) is 3. The molecule has 1 aliphatic rings. The molecular weight excluding hydrogens is 254 g/mol. The highest BCUT2D eigenvalue weighted by molar-refractivity contribution is 5.92. The Labute approximate surface area is 117 Å². The fourth-order valence-electron chi connectivity index (χ4n) is 2.87. The summed E-state index contributed by atoms with van der Waals surface area (Å²) >= 11 is 0. The summed E-state index contributed by atoms with van der Waals surface area (Å²) < 4.78 is 2.13. The van der Waals surface area contributed by atoms with Gasteiger partial charge in [-0.3, -0.25) is 0 Å². The maximum absolute atomic E-state index is 11.2. The maximum Gasteiger partial charge on any atom is 0.335 e. The summed E-state index contributed by atoms with van der Waals surface area (Å²) in [6, 6.07) is 5.16. The molecule has 0 bridgehead atoms. The Kier molecular flexibility index (Phi) is 3.34. The first-order chi connectivity index (χ1) is 9.70. The number of fused-ring (bicyclic) bond motifs is 1. The summed E-state index contributed by atoms with van der Waals surface area (Å²) in [5.41, 5.74) is 2.10. The van der Waals surface area contributed by atoms with Crippen LogP contribution in [0, 0.1) is 0 Å². The normalized spacial score (nSPS) is 15.8. The summed E-state index contributed by atoms with van der Waals surface area (Å²) in [6.07, 6.45) is 4.47. The zero-order valence-electron chi connectivity index (χ0n) is 11.7. The van der Waals surface area contributed by atoms with Crippen LogP contribution in [0.5, 0.6) is 0 Å². The molecule has 1 aromatic carbocycles. The van der Waals surface area contributed by atoms with Crippen molar-refractivity contribution in [1.82, 2.24) is 9.66 Å². The number of imidazole rings is 1. The Morgan fingerprint density at radius 2 is 2.05 bits per heavy atom. The van der Waals surface area contributed by atoms with Crippen molar-refractivity contribution >= 4 is 17.0 Å². The molecule has 1 aliphatic heterocycles. The Balaban J connectivity index is 2.15. The Hall–Kier alpha value is -2.04. The Morgan fingerprint density at radius 1 is 1.30 bits per heavy atom. The van der Waals surface area contributed by atoms with Crippen LogP contribution < -0.4 is 5.01 Å². The molecule has 0 spiro atoms. The number of aromatic carboxylic acids is 1. The first-order valence-corrected chi connectivity index (χ1v) is 7.20. The first kappa shape index (κ1) is 13.0. The van der Waals surface area contributed by atoms with Gasteiger partial charge in [-0.2, -0.15) is 0 Å². The van der Waals surface area contributed by atoms with Gasteiger partial charge >= 0.3 is 5.97 Å². The van der Waals surface area contributed by atoms with Crippen LogP contribution in [0.3, 0.4) is 0 Å². The number of carbonyl (C=O) groups is 1. The highest BCUT2D eigenvalue weighted by Crippen LogP contribution is 2.21. The summed E-state index contributed by atoms with van der Waals surface area (Å²) in [5, 5.41) is 11.5. The van der Waals surface area contributed by atoms with E-state index in [0.29, 0.717) is 5.56 Å². The van der Waals surface area contributed by atoms with Gasteiger partial charge in [0.2, 0.25) is 0 Å². The zero-order chi connectivity index (χ0) is 14.1. The molecule has 0 amide bonds. The van der Waals surface area contributed by atoms with E-state index in [1.165, 1.54) is 19.3 Å². The molecule has 1 N–H and O–H groups in total. The van der Waals surface area contributed by atoms with E-state index in [9.17, 15) is 4.79 Å². The van der Waals surface area contributed by atoms with Crippen LogP contribution in [0.15, 0.2) is 18.2 Å². The van der Waals surface area contributed by atoms with Gasteiger partial charge < -0.3 is 10.1 Å². The van der Waals surface area contributed by atoms with Crippen molar-refractivity contribution < 1.29 is 9.90 Å². The second kappa shape index (κ2) is 5.15. The van der Waals surface area contributed by atoms with Crippen molar-refractivity contribution in [3.05, 3.63) is 29.6 Å². The topological polar surface area (TPSA) is 58.4 Å². The molecule has 2 heterocycles. The summed E-state index contributed by atoms with van der Waals surface area (Å²) in [7, 11) is 0. The second-order valence-corrected chi connectivity index (χ2v) is 5.22. The Morgan fingerprint density at radius 3 is 2.70 bits per heavy atom. The SMILES string of the molecule is CCc1nc2ccc(C(=O)O)cc2n1N1CCCCC1. The van der Waals surface area contributed by atoms with Gasteiger partial charge in [0.05, 0.1) is 16.6 Å². The van der Waals surface area contributed by atoms with Gasteiger partial charge in [-0.05, 0) is 37.5 Å². The number of carboxylic acid groups (broad SMARTS) is 1. The fourth-order valence-corrected chi connectivity index (χ4v) is 2.87. The lowest BCUT2D eigenvalue weighted by Crippen LogP contribution is -2.40. The average Bonchev–Trinajstić information content (AvgIpc) is 2.85. The number of benzene rings is 1. The predicted octanol–water partition coefficient (Wildman–Crippen LogP) is 2.42. The molecule has 5 heteroatoms. The minimum Gasteiger partial charge on any atom is -0.478 e. The van der Waals surface area contributed by atoms with Crippen molar-refractivity contribution in [2.24, 2.45) is 0 Å². The van der Waals surface area contributed by atoms with Crippen molar-refractivity contribution in [3.8, 4) is 0 Å². The summed E-state index contributed by atoms with van der Waals surface area (Å²) in [4.78, 5) is 15.8. The van der Waals surface area contributed by atoms with Gasteiger partial charge in [0, 0.05) is 19.5 Å². The van der Waals surface area contributed by atoms with Crippen LogP contribution in [0.4, 0.5) is 0 Å². The number of aryl methyl sites for hydroxylation is 1. The lowest BCUT2D eigenvalue weighted by Gasteiger charge is -2.31. The number of piperidine rings is 1. The smallest absolute Gasteiger partial charge is 0.335 e. The lowest BCUT2D eigenvalue weighted by atomic mass is 10.1. The van der Waals surface area contributed by atoms with E-state index in [1.807, 2.05) is 0 Å². The van der Waals surface area contributed by atoms with E-state index in [4.69, 9.17) is 5.11 Å². The van der Waals surface area contributed by atoms with E-state index in [-0.39, 0.29) is 0 Å². The molecule has 20 heavy (non-hydrogen) atoms. The molecule has 5 nitrogen and oxygen atoms in total. The molecular formula is C15H19N3O2. The molecule has 3 rings (SSSR count). The summed E-state index contributed by atoms with van der Waals surface area (Å²) in [5.74, 6) is 0.112. The molecule has 2 aromatic rings. The van der Waals surface area contributed by atoms with Crippen LogP contribution >= 0.6 is 0 Å². The number of aromatic nitrogens is 2.